The number of hydrogen-bond acceptors (Lipinski definition) is 3. The molecule has 0 aromatic rings. The van der Waals surface area contributed by atoms with E-state index in [2.05, 4.69) is 4.74 Å². The van der Waals surface area contributed by atoms with E-state index in [1.54, 1.807) is 6.92 Å². The van der Waals surface area contributed by atoms with Gasteiger partial charge in [-0.15, -0.1) is 0 Å². The first kappa shape index (κ1) is 18.7. The Balaban J connectivity index is 4.66. The molecule has 0 aliphatic carbocycles. The second-order valence-electron chi connectivity index (χ2n) is 5.73. The third-order valence-electron chi connectivity index (χ3n) is 2.44. The van der Waals surface area contributed by atoms with Gasteiger partial charge in [-0.05, 0) is 18.8 Å². The highest BCUT2D eigenvalue weighted by molar-refractivity contribution is 5.82. The van der Waals surface area contributed by atoms with Crippen LogP contribution in [0.3, 0.4) is 0 Å². The van der Waals surface area contributed by atoms with Crippen LogP contribution >= 0.6 is 0 Å². The summed E-state index contributed by atoms with van der Waals surface area (Å²) in [6.07, 6.45) is -4.12. The molecule has 0 spiro atoms. The molecule has 0 atom stereocenters. The van der Waals surface area contributed by atoms with E-state index >= 15 is 0 Å². The SMILES string of the molecule is CCOC(=O)CN(CC(F)(F)F)C(=O)CCC(C)(C)C. The van der Waals surface area contributed by atoms with Crippen LogP contribution in [0.2, 0.25) is 0 Å². The van der Waals surface area contributed by atoms with Gasteiger partial charge in [-0.25, -0.2) is 0 Å². The molecule has 0 aromatic carbocycles. The molecule has 0 saturated heterocycles. The topological polar surface area (TPSA) is 46.6 Å². The molecule has 0 aromatic heterocycles. The first-order valence-corrected chi connectivity index (χ1v) is 6.45. The number of amides is 1. The van der Waals surface area contributed by atoms with Crippen molar-refractivity contribution in [2.75, 3.05) is 19.7 Å². The Morgan fingerprint density at radius 1 is 1.15 bits per heavy atom. The van der Waals surface area contributed by atoms with Gasteiger partial charge >= 0.3 is 12.1 Å². The van der Waals surface area contributed by atoms with Crippen molar-refractivity contribution in [2.45, 2.75) is 46.7 Å². The van der Waals surface area contributed by atoms with Crippen LogP contribution < -0.4 is 0 Å². The molecular formula is C13H22F3NO3. The summed E-state index contributed by atoms with van der Waals surface area (Å²) in [7, 11) is 0. The number of halogens is 3. The number of rotatable bonds is 6. The Hall–Kier alpha value is -1.27. The van der Waals surface area contributed by atoms with E-state index in [1.165, 1.54) is 0 Å². The molecule has 0 rings (SSSR count). The van der Waals surface area contributed by atoms with Crippen molar-refractivity contribution >= 4 is 11.9 Å². The molecule has 0 radical (unpaired) electrons. The summed E-state index contributed by atoms with van der Waals surface area (Å²) < 4.78 is 41.9. The van der Waals surface area contributed by atoms with Crippen LogP contribution in [-0.2, 0) is 14.3 Å². The van der Waals surface area contributed by atoms with Crippen molar-refractivity contribution in [3.8, 4) is 0 Å². The number of carbonyl (C=O) groups excluding carboxylic acids is 2. The van der Waals surface area contributed by atoms with E-state index in [9.17, 15) is 22.8 Å². The molecule has 0 bridgehead atoms. The maximum atomic E-state index is 12.4. The summed E-state index contributed by atoms with van der Waals surface area (Å²) >= 11 is 0. The average molecular weight is 297 g/mol. The first-order chi connectivity index (χ1) is 8.94. The van der Waals surface area contributed by atoms with Crippen LogP contribution in [0.4, 0.5) is 13.2 Å². The number of ether oxygens (including phenoxy) is 1. The van der Waals surface area contributed by atoms with Crippen molar-refractivity contribution in [1.29, 1.82) is 0 Å². The highest BCUT2D eigenvalue weighted by Gasteiger charge is 2.34. The van der Waals surface area contributed by atoms with Crippen LogP contribution in [0.1, 0.15) is 40.5 Å². The van der Waals surface area contributed by atoms with Crippen molar-refractivity contribution in [3.63, 3.8) is 0 Å². The second kappa shape index (κ2) is 7.50. The summed E-state index contributed by atoms with van der Waals surface area (Å²) in [5.74, 6) is -1.52. The van der Waals surface area contributed by atoms with E-state index in [0.29, 0.717) is 11.3 Å². The number of alkyl halides is 3. The minimum Gasteiger partial charge on any atom is -0.465 e. The summed E-state index contributed by atoms with van der Waals surface area (Å²) in [5.41, 5.74) is -0.163. The van der Waals surface area contributed by atoms with Gasteiger partial charge in [-0.3, -0.25) is 9.59 Å². The Morgan fingerprint density at radius 2 is 1.70 bits per heavy atom. The third kappa shape index (κ3) is 9.63. The molecular weight excluding hydrogens is 275 g/mol. The van der Waals surface area contributed by atoms with E-state index in [4.69, 9.17) is 0 Å². The van der Waals surface area contributed by atoms with Crippen LogP contribution in [-0.4, -0.2) is 42.6 Å². The minimum atomic E-state index is -4.54. The summed E-state index contributed by atoms with van der Waals surface area (Å²) in [6.45, 7) is 5.17. The van der Waals surface area contributed by atoms with E-state index in [1.807, 2.05) is 20.8 Å². The highest BCUT2D eigenvalue weighted by Crippen LogP contribution is 2.22. The fourth-order valence-electron chi connectivity index (χ4n) is 1.45. The van der Waals surface area contributed by atoms with Gasteiger partial charge < -0.3 is 9.64 Å². The predicted octanol–water partition coefficient (Wildman–Crippen LogP) is 2.77. The van der Waals surface area contributed by atoms with E-state index in [0.717, 1.165) is 0 Å². The van der Waals surface area contributed by atoms with Crippen LogP contribution in [0.25, 0.3) is 0 Å². The van der Waals surface area contributed by atoms with Gasteiger partial charge in [0.25, 0.3) is 0 Å². The normalized spacial score (nSPS) is 12.2. The fraction of sp³-hybridized carbons (Fsp3) is 0.846. The lowest BCUT2D eigenvalue weighted by Crippen LogP contribution is -2.42. The largest absolute Gasteiger partial charge is 0.465 e. The van der Waals surface area contributed by atoms with Gasteiger partial charge in [0.15, 0.2) is 0 Å². The lowest BCUT2D eigenvalue weighted by Gasteiger charge is -2.25. The van der Waals surface area contributed by atoms with Crippen LogP contribution in [0, 0.1) is 5.41 Å². The van der Waals surface area contributed by atoms with Crippen molar-refractivity contribution in [2.24, 2.45) is 5.41 Å². The van der Waals surface area contributed by atoms with Crippen molar-refractivity contribution < 1.29 is 27.5 Å². The minimum absolute atomic E-state index is 0.0288. The molecule has 1 amide bonds. The zero-order chi connectivity index (χ0) is 16.0. The third-order valence-corrected chi connectivity index (χ3v) is 2.44. The second-order valence-corrected chi connectivity index (χ2v) is 5.73. The Morgan fingerprint density at radius 3 is 2.10 bits per heavy atom. The summed E-state index contributed by atoms with van der Waals surface area (Å²) in [4.78, 5) is 23.6. The van der Waals surface area contributed by atoms with E-state index in [-0.39, 0.29) is 18.4 Å². The molecule has 0 aliphatic rings. The Labute approximate surface area is 117 Å². The van der Waals surface area contributed by atoms with Gasteiger partial charge in [-0.1, -0.05) is 20.8 Å². The monoisotopic (exact) mass is 297 g/mol. The molecule has 0 aliphatic heterocycles. The Kier molecular flexibility index (Phi) is 7.02. The lowest BCUT2D eigenvalue weighted by molar-refractivity contribution is -0.167. The summed E-state index contributed by atoms with van der Waals surface area (Å²) in [5, 5.41) is 0. The van der Waals surface area contributed by atoms with Gasteiger partial charge in [0.05, 0.1) is 6.61 Å². The molecule has 118 valence electrons. The standard InChI is InChI=1S/C13H22F3NO3/c1-5-20-11(19)8-17(9-13(14,15)16)10(18)6-7-12(2,3)4/h5-9H2,1-4H3. The van der Waals surface area contributed by atoms with Gasteiger partial charge in [-0.2, -0.15) is 13.2 Å². The number of esters is 1. The van der Waals surface area contributed by atoms with E-state index < -0.39 is 31.1 Å². The molecule has 0 heterocycles. The molecule has 0 N–H and O–H groups in total. The van der Waals surface area contributed by atoms with Crippen molar-refractivity contribution in [1.82, 2.24) is 4.90 Å². The molecule has 0 fully saturated rings. The molecule has 4 nitrogen and oxygen atoms in total. The van der Waals surface area contributed by atoms with Gasteiger partial charge in [0.1, 0.15) is 13.1 Å². The van der Waals surface area contributed by atoms with Crippen molar-refractivity contribution in [3.05, 3.63) is 0 Å². The van der Waals surface area contributed by atoms with Gasteiger partial charge in [0, 0.05) is 6.42 Å². The van der Waals surface area contributed by atoms with Crippen LogP contribution in [0.15, 0.2) is 0 Å². The highest BCUT2D eigenvalue weighted by atomic mass is 19.4. The first-order valence-electron chi connectivity index (χ1n) is 6.45. The molecule has 0 saturated carbocycles. The number of nitrogens with zero attached hydrogens (tertiary/aromatic N) is 1. The maximum absolute atomic E-state index is 12.4. The summed E-state index contributed by atoms with van der Waals surface area (Å²) in [6, 6.07) is 0. The quantitative estimate of drug-likeness (QED) is 0.708. The maximum Gasteiger partial charge on any atom is 0.406 e. The number of hydrogen-bond donors (Lipinski definition) is 0. The van der Waals surface area contributed by atoms with Gasteiger partial charge in [0.2, 0.25) is 5.91 Å². The predicted molar refractivity (Wildman–Crippen MR) is 68.0 cm³/mol. The fourth-order valence-corrected chi connectivity index (χ4v) is 1.45. The molecule has 7 heteroatoms. The molecule has 0 unspecified atom stereocenters. The lowest BCUT2D eigenvalue weighted by atomic mass is 9.90. The Bertz CT molecular complexity index is 335. The average Bonchev–Trinajstić information content (AvgIpc) is 2.22. The zero-order valence-corrected chi connectivity index (χ0v) is 12.3. The van der Waals surface area contributed by atoms with Crippen LogP contribution in [0.5, 0.6) is 0 Å². The smallest absolute Gasteiger partial charge is 0.406 e. The zero-order valence-electron chi connectivity index (χ0n) is 12.3. The number of carbonyl (C=O) groups is 2. The molecule has 20 heavy (non-hydrogen) atoms.